The van der Waals surface area contributed by atoms with Gasteiger partial charge < -0.3 is 9.97 Å². The van der Waals surface area contributed by atoms with Gasteiger partial charge in [-0.3, -0.25) is 0 Å². The maximum atomic E-state index is 4.53. The summed E-state index contributed by atoms with van der Waals surface area (Å²) in [6.45, 7) is 17.5. The van der Waals surface area contributed by atoms with Gasteiger partial charge in [-0.15, -0.1) is 0 Å². The average Bonchev–Trinajstić information content (AvgIpc) is 3.11. The predicted molar refractivity (Wildman–Crippen MR) is 97.9 cm³/mol. The second-order valence-corrected chi connectivity index (χ2v) is 8.17. The first kappa shape index (κ1) is 19.5. The van der Waals surface area contributed by atoms with Crippen LogP contribution in [0.1, 0.15) is 91.4 Å². The van der Waals surface area contributed by atoms with Crippen molar-refractivity contribution in [3.8, 4) is 0 Å². The average molecular weight is 319 g/mol. The maximum Gasteiger partial charge on any atom is 0.108 e. The van der Waals surface area contributed by atoms with E-state index in [1.807, 2.05) is 12.4 Å². The third-order valence-corrected chi connectivity index (χ3v) is 4.02. The molecule has 130 valence electrons. The molecule has 0 unspecified atom stereocenters. The van der Waals surface area contributed by atoms with Gasteiger partial charge in [0, 0.05) is 34.8 Å². The molecule has 0 atom stereocenters. The summed E-state index contributed by atoms with van der Waals surface area (Å²) in [6, 6.07) is 0. The fourth-order valence-corrected chi connectivity index (χ4v) is 2.40. The molecule has 0 spiro atoms. The number of aromatic nitrogens is 4. The second-order valence-electron chi connectivity index (χ2n) is 8.17. The van der Waals surface area contributed by atoms with Gasteiger partial charge in [0.25, 0.3) is 0 Å². The van der Waals surface area contributed by atoms with Gasteiger partial charge in [0.2, 0.25) is 0 Å². The van der Waals surface area contributed by atoms with E-state index in [4.69, 9.17) is 0 Å². The van der Waals surface area contributed by atoms with Gasteiger partial charge in [0.1, 0.15) is 5.82 Å². The Hall–Kier alpha value is -1.58. The van der Waals surface area contributed by atoms with Crippen LogP contribution in [0.3, 0.4) is 0 Å². The van der Waals surface area contributed by atoms with Crippen LogP contribution in [0.15, 0.2) is 18.7 Å². The molecule has 0 amide bonds. The van der Waals surface area contributed by atoms with E-state index in [1.54, 1.807) is 6.33 Å². The third kappa shape index (κ3) is 5.85. The zero-order valence-corrected chi connectivity index (χ0v) is 16.1. The molecule has 0 aliphatic rings. The summed E-state index contributed by atoms with van der Waals surface area (Å²) >= 11 is 0. The number of aromatic amines is 2. The summed E-state index contributed by atoms with van der Waals surface area (Å²) in [5, 5.41) is 0. The first-order valence-corrected chi connectivity index (χ1v) is 8.62. The highest BCUT2D eigenvalue weighted by Crippen LogP contribution is 2.25. The van der Waals surface area contributed by atoms with Crippen LogP contribution < -0.4 is 0 Å². The van der Waals surface area contributed by atoms with Crippen molar-refractivity contribution in [2.75, 3.05) is 0 Å². The Kier molecular flexibility index (Phi) is 6.60. The third-order valence-electron chi connectivity index (χ3n) is 4.02. The smallest absolute Gasteiger partial charge is 0.108 e. The SMILES string of the molecule is CC(C)c1nc(C(C)(C)C)c[nH]1.CCCC(C)(C)c1cnc[nH]1. The number of hydrogen-bond donors (Lipinski definition) is 2. The number of imidazole rings is 2. The van der Waals surface area contributed by atoms with Crippen molar-refractivity contribution in [2.45, 2.75) is 85.0 Å². The van der Waals surface area contributed by atoms with Crippen LogP contribution in [0.2, 0.25) is 0 Å². The summed E-state index contributed by atoms with van der Waals surface area (Å²) in [4.78, 5) is 14.9. The lowest BCUT2D eigenvalue weighted by atomic mass is 9.85. The van der Waals surface area contributed by atoms with Crippen LogP contribution in [0, 0.1) is 0 Å². The molecule has 2 aromatic rings. The number of hydrogen-bond acceptors (Lipinski definition) is 2. The van der Waals surface area contributed by atoms with E-state index < -0.39 is 0 Å². The molecule has 4 heteroatoms. The standard InChI is InChI=1S/C10H18N2.C9H16N2/c1-7(2)9-11-6-8(12-9)10(3,4)5;1-4-5-9(2,3)8-6-10-7-11-8/h6-7H,1-5H3,(H,11,12);6-7H,4-5H2,1-3H3,(H,10,11). The number of nitrogens with zero attached hydrogens (tertiary/aromatic N) is 2. The topological polar surface area (TPSA) is 57.4 Å². The Morgan fingerprint density at radius 3 is 2.09 bits per heavy atom. The Balaban J connectivity index is 0.000000231. The first-order valence-electron chi connectivity index (χ1n) is 8.62. The molecule has 2 N–H and O–H groups in total. The molecule has 2 aromatic heterocycles. The van der Waals surface area contributed by atoms with E-state index in [1.165, 1.54) is 18.5 Å². The highest BCUT2D eigenvalue weighted by molar-refractivity contribution is 5.12. The molecule has 0 radical (unpaired) electrons. The van der Waals surface area contributed by atoms with Crippen molar-refractivity contribution in [3.63, 3.8) is 0 Å². The first-order chi connectivity index (χ1) is 10.6. The maximum absolute atomic E-state index is 4.53. The van der Waals surface area contributed by atoms with Crippen molar-refractivity contribution in [1.29, 1.82) is 0 Å². The highest BCUT2D eigenvalue weighted by Gasteiger charge is 2.20. The predicted octanol–water partition coefficient (Wildman–Crippen LogP) is 5.32. The number of nitrogens with one attached hydrogen (secondary N) is 2. The van der Waals surface area contributed by atoms with Crippen molar-refractivity contribution in [3.05, 3.63) is 35.9 Å². The van der Waals surface area contributed by atoms with Crippen molar-refractivity contribution >= 4 is 0 Å². The second kappa shape index (κ2) is 7.80. The molecule has 2 rings (SSSR count). The lowest BCUT2D eigenvalue weighted by Crippen LogP contribution is -2.16. The van der Waals surface area contributed by atoms with E-state index in [0.29, 0.717) is 5.92 Å². The van der Waals surface area contributed by atoms with Gasteiger partial charge in [0.05, 0.1) is 12.0 Å². The Bertz CT molecular complexity index is 556. The van der Waals surface area contributed by atoms with Gasteiger partial charge >= 0.3 is 0 Å². The summed E-state index contributed by atoms with van der Waals surface area (Å²) in [5.41, 5.74) is 2.79. The lowest BCUT2D eigenvalue weighted by Gasteiger charge is -2.21. The van der Waals surface area contributed by atoms with Crippen molar-refractivity contribution < 1.29 is 0 Å². The van der Waals surface area contributed by atoms with Crippen molar-refractivity contribution in [1.82, 2.24) is 19.9 Å². The molecule has 0 saturated heterocycles. The molecule has 23 heavy (non-hydrogen) atoms. The minimum atomic E-state index is 0.156. The van der Waals surface area contributed by atoms with Gasteiger partial charge in [-0.05, 0) is 6.42 Å². The fraction of sp³-hybridized carbons (Fsp3) is 0.684. The van der Waals surface area contributed by atoms with E-state index in [9.17, 15) is 0 Å². The van der Waals surface area contributed by atoms with Gasteiger partial charge in [-0.2, -0.15) is 0 Å². The summed E-state index contributed by atoms with van der Waals surface area (Å²) in [6.07, 6.45) is 8.08. The van der Waals surface area contributed by atoms with E-state index >= 15 is 0 Å². The molecule has 4 nitrogen and oxygen atoms in total. The number of rotatable bonds is 4. The Morgan fingerprint density at radius 2 is 1.74 bits per heavy atom. The Morgan fingerprint density at radius 1 is 1.09 bits per heavy atom. The van der Waals surface area contributed by atoms with Crippen molar-refractivity contribution in [2.24, 2.45) is 0 Å². The summed E-state index contributed by atoms with van der Waals surface area (Å²) in [5.74, 6) is 1.57. The monoisotopic (exact) mass is 318 g/mol. The van der Waals surface area contributed by atoms with Crippen LogP contribution in [-0.4, -0.2) is 19.9 Å². The van der Waals surface area contributed by atoms with E-state index in [2.05, 4.69) is 75.3 Å². The highest BCUT2D eigenvalue weighted by atomic mass is 14.9. The Labute approximate surface area is 141 Å². The van der Waals surface area contributed by atoms with Gasteiger partial charge in [0.15, 0.2) is 0 Å². The minimum absolute atomic E-state index is 0.156. The van der Waals surface area contributed by atoms with E-state index in [-0.39, 0.29) is 10.8 Å². The fourth-order valence-electron chi connectivity index (χ4n) is 2.40. The number of H-pyrrole nitrogens is 2. The largest absolute Gasteiger partial charge is 0.348 e. The summed E-state index contributed by atoms with van der Waals surface area (Å²) < 4.78 is 0. The zero-order chi connectivity index (χ0) is 17.7. The lowest BCUT2D eigenvalue weighted by molar-refractivity contribution is 0.461. The zero-order valence-electron chi connectivity index (χ0n) is 16.1. The van der Waals surface area contributed by atoms with Crippen LogP contribution in [0.25, 0.3) is 0 Å². The normalized spacial score (nSPS) is 12.2. The minimum Gasteiger partial charge on any atom is -0.348 e. The molecule has 0 aromatic carbocycles. The molecule has 0 aliphatic heterocycles. The molecule has 0 aliphatic carbocycles. The van der Waals surface area contributed by atoms with Crippen LogP contribution in [-0.2, 0) is 10.8 Å². The van der Waals surface area contributed by atoms with E-state index in [0.717, 1.165) is 11.5 Å². The molecule has 0 bridgehead atoms. The molecule has 0 fully saturated rings. The van der Waals surface area contributed by atoms with Gasteiger partial charge in [-0.1, -0.05) is 61.8 Å². The summed E-state index contributed by atoms with van der Waals surface area (Å²) in [7, 11) is 0. The van der Waals surface area contributed by atoms with Crippen LogP contribution in [0.4, 0.5) is 0 Å². The molecular weight excluding hydrogens is 284 g/mol. The quantitative estimate of drug-likeness (QED) is 0.801. The van der Waals surface area contributed by atoms with Crippen LogP contribution >= 0.6 is 0 Å². The molecule has 2 heterocycles. The van der Waals surface area contributed by atoms with Crippen LogP contribution in [0.5, 0.6) is 0 Å². The molecular formula is C19H34N4. The molecule has 0 saturated carbocycles. The van der Waals surface area contributed by atoms with Gasteiger partial charge in [-0.25, -0.2) is 9.97 Å².